The van der Waals surface area contributed by atoms with Gasteiger partial charge in [-0.25, -0.2) is 0 Å². The molecule has 0 saturated carbocycles. The Morgan fingerprint density at radius 3 is 2.50 bits per heavy atom. The van der Waals surface area contributed by atoms with E-state index in [0.717, 1.165) is 72.1 Å². The fourth-order valence-electron chi connectivity index (χ4n) is 6.22. The topological polar surface area (TPSA) is 77.6 Å². The summed E-state index contributed by atoms with van der Waals surface area (Å²) in [6.45, 7) is 8.54. The van der Waals surface area contributed by atoms with Gasteiger partial charge < -0.3 is 15.5 Å². The Hall–Kier alpha value is -4.02. The van der Waals surface area contributed by atoms with Crippen LogP contribution in [-0.2, 0) is 36.9 Å². The minimum Gasteiger partial charge on any atom is -0.380 e. The molecule has 1 aliphatic carbocycles. The maximum Gasteiger partial charge on any atom is 0.416 e. The molecule has 1 saturated heterocycles. The van der Waals surface area contributed by atoms with Gasteiger partial charge in [0.15, 0.2) is 5.78 Å². The predicted molar refractivity (Wildman–Crippen MR) is 184 cm³/mol. The van der Waals surface area contributed by atoms with Crippen LogP contribution in [0.25, 0.3) is 6.08 Å². The van der Waals surface area contributed by atoms with Crippen molar-refractivity contribution in [1.29, 1.82) is 0 Å². The summed E-state index contributed by atoms with van der Waals surface area (Å²) >= 11 is 0. The Kier molecular flexibility index (Phi) is 11.7. The highest BCUT2D eigenvalue weighted by molar-refractivity contribution is 6.00. The van der Waals surface area contributed by atoms with Crippen LogP contribution in [0.4, 0.5) is 18.9 Å². The zero-order valence-corrected chi connectivity index (χ0v) is 28.2. The van der Waals surface area contributed by atoms with E-state index in [9.17, 15) is 22.8 Å². The lowest BCUT2D eigenvalue weighted by molar-refractivity contribution is -0.138. The van der Waals surface area contributed by atoms with Crippen LogP contribution in [0.3, 0.4) is 0 Å². The highest BCUT2D eigenvalue weighted by atomic mass is 19.4. The summed E-state index contributed by atoms with van der Waals surface area (Å²) in [5, 5.41) is 6.41. The lowest BCUT2D eigenvalue weighted by Gasteiger charge is -2.33. The van der Waals surface area contributed by atoms with Crippen LogP contribution in [0.15, 0.2) is 54.2 Å². The number of hydrogen-bond acceptors (Lipinski definition) is 6. The van der Waals surface area contributed by atoms with Gasteiger partial charge in [-0.15, -0.1) is 0 Å². The number of alkyl halides is 3. The van der Waals surface area contributed by atoms with Gasteiger partial charge >= 0.3 is 6.18 Å². The van der Waals surface area contributed by atoms with E-state index < -0.39 is 11.7 Å². The minimum absolute atomic E-state index is 0.00295. The molecule has 2 heterocycles. The minimum atomic E-state index is -4.55. The van der Waals surface area contributed by atoms with Gasteiger partial charge in [-0.3, -0.25) is 19.5 Å². The molecule has 1 aromatic heterocycles. The fourth-order valence-corrected chi connectivity index (χ4v) is 6.22. The lowest BCUT2D eigenvalue weighted by atomic mass is 9.96. The molecule has 0 bridgehead atoms. The molecule has 7 nitrogen and oxygen atoms in total. The maximum absolute atomic E-state index is 14.1. The number of ketones is 1. The van der Waals surface area contributed by atoms with Gasteiger partial charge in [0.25, 0.3) is 0 Å². The van der Waals surface area contributed by atoms with Crippen molar-refractivity contribution in [2.45, 2.75) is 71.6 Å². The van der Waals surface area contributed by atoms with Gasteiger partial charge in [0.05, 0.1) is 23.1 Å². The Balaban J connectivity index is 1.20. The molecule has 1 aliphatic heterocycles. The number of unbranched alkanes of at least 4 members (excludes halogenated alkanes) is 3. The number of pyridine rings is 1. The average molecular weight is 662 g/mol. The summed E-state index contributed by atoms with van der Waals surface area (Å²) in [4.78, 5) is 34.6. The Bertz CT molecular complexity index is 1640. The van der Waals surface area contributed by atoms with E-state index in [1.807, 2.05) is 49.2 Å². The molecular formula is C38H46F3N5O2. The number of Topliss-reactive ketones (excluding diaryl/α,β-unsaturated/α-hetero) is 1. The quantitative estimate of drug-likeness (QED) is 0.146. The summed E-state index contributed by atoms with van der Waals surface area (Å²) in [5.74, 6) is -0.401. The van der Waals surface area contributed by atoms with E-state index in [0.29, 0.717) is 38.2 Å². The van der Waals surface area contributed by atoms with Crippen molar-refractivity contribution in [2.75, 3.05) is 45.1 Å². The van der Waals surface area contributed by atoms with Crippen LogP contribution in [0.1, 0.15) is 82.0 Å². The Morgan fingerprint density at radius 1 is 0.958 bits per heavy atom. The van der Waals surface area contributed by atoms with Crippen LogP contribution in [0, 0.1) is 6.92 Å². The number of fused-ring (bicyclic) bond motifs is 1. The third-order valence-corrected chi connectivity index (χ3v) is 9.29. The maximum atomic E-state index is 14.1. The second-order valence-electron chi connectivity index (χ2n) is 13.1. The second kappa shape index (κ2) is 15.9. The number of rotatable bonds is 14. The van der Waals surface area contributed by atoms with Crippen LogP contribution >= 0.6 is 0 Å². The SMILES string of the molecule is CCCCCCNC(=O)C1=Cc2cc(NCc3cc(CC(=O)c4ccc(CN5CCN(C)CC5)c(C(F)(F)F)c4)ccc3C)cnc2C1. The van der Waals surface area contributed by atoms with E-state index >= 15 is 0 Å². The van der Waals surface area contributed by atoms with E-state index in [1.54, 1.807) is 6.20 Å². The number of carbonyl (C=O) groups is 2. The second-order valence-corrected chi connectivity index (χ2v) is 13.1. The van der Waals surface area contributed by atoms with Gasteiger partial charge in [-0.05, 0) is 66.4 Å². The van der Waals surface area contributed by atoms with Crippen molar-refractivity contribution >= 4 is 23.5 Å². The van der Waals surface area contributed by atoms with Crippen LogP contribution in [-0.4, -0.2) is 66.2 Å². The summed E-state index contributed by atoms with van der Waals surface area (Å²) in [6.07, 6.45) is 4.02. The number of anilines is 1. The van der Waals surface area contributed by atoms with Crippen molar-refractivity contribution in [3.63, 3.8) is 0 Å². The molecular weight excluding hydrogens is 615 g/mol. The number of halogens is 3. The first kappa shape index (κ1) is 35.3. The summed E-state index contributed by atoms with van der Waals surface area (Å²) in [6, 6.07) is 11.7. The molecule has 2 aromatic carbocycles. The zero-order chi connectivity index (χ0) is 34.3. The smallest absolute Gasteiger partial charge is 0.380 e. The van der Waals surface area contributed by atoms with Gasteiger partial charge in [0.1, 0.15) is 0 Å². The summed E-state index contributed by atoms with van der Waals surface area (Å²) < 4.78 is 42.3. The van der Waals surface area contributed by atoms with Crippen molar-refractivity contribution in [3.8, 4) is 0 Å². The largest absolute Gasteiger partial charge is 0.416 e. The molecule has 48 heavy (non-hydrogen) atoms. The predicted octanol–water partition coefficient (Wildman–Crippen LogP) is 6.83. The first-order valence-electron chi connectivity index (χ1n) is 16.9. The van der Waals surface area contributed by atoms with Crippen LogP contribution in [0.2, 0.25) is 0 Å². The van der Waals surface area contributed by atoms with Crippen molar-refractivity contribution in [1.82, 2.24) is 20.1 Å². The number of likely N-dealkylation sites (N-methyl/N-ethyl adjacent to an activating group) is 1. The standard InChI is InChI=1S/C38H46F3N5O2/c1-4-5-6-7-12-42-37(48)31-19-30-20-33(24-44-35(30)22-31)43-23-32-17-27(9-8-26(32)2)18-36(47)28-10-11-29(34(21-28)38(39,40)41)25-46-15-13-45(3)14-16-46/h8-11,17,19-21,24,43H,4-7,12-16,18,22-23,25H2,1-3H3,(H,42,48). The Morgan fingerprint density at radius 2 is 1.75 bits per heavy atom. The number of nitrogens with one attached hydrogen (secondary N) is 2. The van der Waals surface area contributed by atoms with Gasteiger partial charge in [0, 0.05) is 69.8 Å². The van der Waals surface area contributed by atoms with Gasteiger partial charge in [-0.1, -0.05) is 56.5 Å². The average Bonchev–Trinajstić information content (AvgIpc) is 3.49. The first-order chi connectivity index (χ1) is 23.0. The fraction of sp³-hybridized carbons (Fsp3) is 0.447. The zero-order valence-electron chi connectivity index (χ0n) is 28.2. The van der Waals surface area contributed by atoms with Gasteiger partial charge in [-0.2, -0.15) is 13.2 Å². The van der Waals surface area contributed by atoms with Crippen molar-refractivity contribution in [2.24, 2.45) is 0 Å². The van der Waals surface area contributed by atoms with E-state index in [4.69, 9.17) is 0 Å². The number of benzene rings is 2. The molecule has 5 rings (SSSR count). The molecule has 0 unspecified atom stereocenters. The number of piperazine rings is 1. The van der Waals surface area contributed by atoms with E-state index in [1.165, 1.54) is 18.6 Å². The number of hydrogen-bond donors (Lipinski definition) is 2. The third kappa shape index (κ3) is 9.32. The molecule has 1 amide bonds. The number of carbonyl (C=O) groups excluding carboxylic acids is 2. The summed E-state index contributed by atoms with van der Waals surface area (Å²) in [7, 11) is 2.00. The van der Waals surface area contributed by atoms with Gasteiger partial charge in [0.2, 0.25) is 5.91 Å². The van der Waals surface area contributed by atoms with Crippen LogP contribution < -0.4 is 10.6 Å². The van der Waals surface area contributed by atoms with E-state index in [-0.39, 0.29) is 35.8 Å². The third-order valence-electron chi connectivity index (χ3n) is 9.29. The van der Waals surface area contributed by atoms with E-state index in [2.05, 4.69) is 27.4 Å². The number of nitrogens with zero attached hydrogens (tertiary/aromatic N) is 3. The molecule has 0 radical (unpaired) electrons. The number of aromatic nitrogens is 1. The molecule has 1 fully saturated rings. The van der Waals surface area contributed by atoms with Crippen molar-refractivity contribution in [3.05, 3.63) is 98.9 Å². The highest BCUT2D eigenvalue weighted by Gasteiger charge is 2.34. The Labute approximate surface area is 281 Å². The first-order valence-corrected chi connectivity index (χ1v) is 16.9. The number of aryl methyl sites for hydroxylation is 1. The summed E-state index contributed by atoms with van der Waals surface area (Å²) in [5.41, 5.74) is 5.55. The lowest BCUT2D eigenvalue weighted by Crippen LogP contribution is -2.44. The molecule has 2 N–H and O–H groups in total. The normalized spacial score (nSPS) is 15.2. The molecule has 2 aliphatic rings. The molecule has 256 valence electrons. The molecule has 0 atom stereocenters. The molecule has 0 spiro atoms. The molecule has 10 heteroatoms. The molecule has 3 aromatic rings. The highest BCUT2D eigenvalue weighted by Crippen LogP contribution is 2.34. The number of amides is 1. The van der Waals surface area contributed by atoms with Crippen molar-refractivity contribution < 1.29 is 22.8 Å². The van der Waals surface area contributed by atoms with Crippen LogP contribution in [0.5, 0.6) is 0 Å². The monoisotopic (exact) mass is 661 g/mol.